The fraction of sp³-hybridized carbons (Fsp3) is 0.611. The lowest BCUT2D eigenvalue weighted by Gasteiger charge is -2.35. The Kier molecular flexibility index (Phi) is 5.04. The van der Waals surface area contributed by atoms with Crippen LogP contribution < -0.4 is 0 Å². The van der Waals surface area contributed by atoms with Gasteiger partial charge in [-0.3, -0.25) is 4.79 Å². The molecule has 1 amide bonds. The molecule has 1 N–H and O–H groups in total. The van der Waals surface area contributed by atoms with E-state index in [1.54, 1.807) is 0 Å². The zero-order chi connectivity index (χ0) is 15.5. The highest BCUT2D eigenvalue weighted by Crippen LogP contribution is 2.29. The van der Waals surface area contributed by atoms with Crippen molar-refractivity contribution < 1.29 is 9.90 Å². The highest BCUT2D eigenvalue weighted by molar-refractivity contribution is 5.76. The molecule has 1 aromatic rings. The van der Waals surface area contributed by atoms with E-state index in [1.807, 2.05) is 30.0 Å². The first-order chi connectivity index (χ1) is 9.90. The van der Waals surface area contributed by atoms with Gasteiger partial charge in [-0.15, -0.1) is 0 Å². The molecule has 1 aliphatic rings. The number of nitrogens with zero attached hydrogens (tertiary/aromatic N) is 1. The predicted octanol–water partition coefficient (Wildman–Crippen LogP) is 2.97. The van der Waals surface area contributed by atoms with E-state index >= 15 is 0 Å². The second-order valence-corrected chi connectivity index (χ2v) is 6.92. The van der Waals surface area contributed by atoms with Crippen LogP contribution in [0, 0.1) is 5.92 Å². The van der Waals surface area contributed by atoms with Crippen molar-refractivity contribution in [2.24, 2.45) is 5.92 Å². The third kappa shape index (κ3) is 4.07. The van der Waals surface area contributed by atoms with E-state index in [9.17, 15) is 9.90 Å². The van der Waals surface area contributed by atoms with Crippen LogP contribution in [0.3, 0.4) is 0 Å². The Labute approximate surface area is 128 Å². The molecular weight excluding hydrogens is 262 g/mol. The third-order valence-electron chi connectivity index (χ3n) is 4.79. The molecule has 1 aliphatic heterocycles. The van der Waals surface area contributed by atoms with Crippen molar-refractivity contribution >= 4 is 5.91 Å². The van der Waals surface area contributed by atoms with Gasteiger partial charge in [-0.25, -0.2) is 0 Å². The Bertz CT molecular complexity index is 469. The number of carbonyl (C=O) groups excluding carboxylic acids is 1. The number of hydrogen-bond donors (Lipinski definition) is 1. The molecule has 3 nitrogen and oxygen atoms in total. The van der Waals surface area contributed by atoms with Crippen molar-refractivity contribution in [3.8, 4) is 0 Å². The fourth-order valence-corrected chi connectivity index (χ4v) is 2.89. The molecule has 0 spiro atoms. The maximum absolute atomic E-state index is 12.3. The molecule has 116 valence electrons. The zero-order valence-corrected chi connectivity index (χ0v) is 13.4. The van der Waals surface area contributed by atoms with Gasteiger partial charge in [0.1, 0.15) is 0 Å². The molecule has 2 unspecified atom stereocenters. The van der Waals surface area contributed by atoms with E-state index in [0.717, 1.165) is 19.4 Å². The zero-order valence-electron chi connectivity index (χ0n) is 13.4. The number of aliphatic hydroxyl groups excluding tert-OH is 1. The first kappa shape index (κ1) is 16.0. The lowest BCUT2D eigenvalue weighted by molar-refractivity contribution is -0.135. The number of hydrogen-bond acceptors (Lipinski definition) is 2. The van der Waals surface area contributed by atoms with Crippen molar-refractivity contribution in [3.05, 3.63) is 35.9 Å². The van der Waals surface area contributed by atoms with Crippen LogP contribution in [0.5, 0.6) is 0 Å². The highest BCUT2D eigenvalue weighted by atomic mass is 16.3. The van der Waals surface area contributed by atoms with Gasteiger partial charge in [0, 0.05) is 19.5 Å². The van der Waals surface area contributed by atoms with Crippen molar-refractivity contribution in [1.29, 1.82) is 0 Å². The lowest BCUT2D eigenvalue weighted by Crippen LogP contribution is -2.46. The second-order valence-electron chi connectivity index (χ2n) is 6.92. The quantitative estimate of drug-likeness (QED) is 0.925. The van der Waals surface area contributed by atoms with Gasteiger partial charge >= 0.3 is 0 Å². The first-order valence-electron chi connectivity index (χ1n) is 7.91. The van der Waals surface area contributed by atoms with E-state index in [4.69, 9.17) is 0 Å². The van der Waals surface area contributed by atoms with Crippen LogP contribution in [-0.4, -0.2) is 35.1 Å². The molecule has 0 aromatic heterocycles. The van der Waals surface area contributed by atoms with Crippen LogP contribution in [-0.2, 0) is 10.2 Å². The smallest absolute Gasteiger partial charge is 0.222 e. The average molecular weight is 289 g/mol. The molecule has 2 rings (SSSR count). The first-order valence-corrected chi connectivity index (χ1v) is 7.91. The van der Waals surface area contributed by atoms with Crippen molar-refractivity contribution in [1.82, 2.24) is 4.90 Å². The topological polar surface area (TPSA) is 40.5 Å². The second kappa shape index (κ2) is 6.61. The summed E-state index contributed by atoms with van der Waals surface area (Å²) in [4.78, 5) is 14.2. The largest absolute Gasteiger partial charge is 0.391 e. The minimum atomic E-state index is -0.371. The Morgan fingerprint density at radius 2 is 2.00 bits per heavy atom. The molecule has 1 saturated heterocycles. The van der Waals surface area contributed by atoms with E-state index in [1.165, 1.54) is 5.56 Å². The molecule has 2 atom stereocenters. The van der Waals surface area contributed by atoms with Crippen LogP contribution in [0.4, 0.5) is 0 Å². The average Bonchev–Trinajstić information content (AvgIpc) is 2.48. The molecule has 1 heterocycles. The number of likely N-dealkylation sites (tertiary alicyclic amines) is 1. The number of aliphatic hydroxyl groups is 1. The molecule has 0 saturated carbocycles. The van der Waals surface area contributed by atoms with Gasteiger partial charge in [-0.05, 0) is 29.7 Å². The number of rotatable bonds is 4. The summed E-state index contributed by atoms with van der Waals surface area (Å²) >= 11 is 0. The summed E-state index contributed by atoms with van der Waals surface area (Å²) in [7, 11) is 0. The minimum absolute atomic E-state index is 0.00137. The number of piperidine rings is 1. The van der Waals surface area contributed by atoms with Crippen LogP contribution in [0.1, 0.15) is 45.6 Å². The summed E-state index contributed by atoms with van der Waals surface area (Å²) < 4.78 is 0. The van der Waals surface area contributed by atoms with Gasteiger partial charge in [-0.2, -0.15) is 0 Å². The maximum Gasteiger partial charge on any atom is 0.222 e. The summed E-state index contributed by atoms with van der Waals surface area (Å²) in [5.74, 6) is 0.472. The number of benzene rings is 1. The SMILES string of the molecule is CC1CCN(C(=O)CCC(C)(C)c2ccccc2)CC1O. The van der Waals surface area contributed by atoms with Crippen LogP contribution >= 0.6 is 0 Å². The van der Waals surface area contributed by atoms with E-state index in [-0.39, 0.29) is 17.4 Å². The Morgan fingerprint density at radius 3 is 2.62 bits per heavy atom. The van der Waals surface area contributed by atoms with Gasteiger partial charge in [0.15, 0.2) is 0 Å². The predicted molar refractivity (Wildman–Crippen MR) is 85.1 cm³/mol. The van der Waals surface area contributed by atoms with Gasteiger partial charge in [0.2, 0.25) is 5.91 Å². The monoisotopic (exact) mass is 289 g/mol. The van der Waals surface area contributed by atoms with E-state index in [0.29, 0.717) is 18.9 Å². The molecule has 21 heavy (non-hydrogen) atoms. The molecule has 0 radical (unpaired) electrons. The van der Waals surface area contributed by atoms with Crippen molar-refractivity contribution in [2.45, 2.75) is 51.6 Å². The number of β-amino-alcohol motifs (C(OH)–C–C–N with tert-alkyl or cyclic N) is 1. The van der Waals surface area contributed by atoms with Crippen molar-refractivity contribution in [3.63, 3.8) is 0 Å². The van der Waals surface area contributed by atoms with Gasteiger partial charge in [0.25, 0.3) is 0 Å². The standard InChI is InChI=1S/C18H27NO2/c1-14-10-12-19(13-16(14)20)17(21)9-11-18(2,3)15-7-5-4-6-8-15/h4-8,14,16,20H,9-13H2,1-3H3. The van der Waals surface area contributed by atoms with Gasteiger partial charge < -0.3 is 10.0 Å². The number of amides is 1. The normalized spacial score (nSPS) is 23.1. The summed E-state index contributed by atoms with van der Waals surface area (Å²) in [6, 6.07) is 10.3. The number of carbonyl (C=O) groups is 1. The minimum Gasteiger partial charge on any atom is -0.391 e. The molecular formula is C18H27NO2. The molecule has 0 bridgehead atoms. The highest BCUT2D eigenvalue weighted by Gasteiger charge is 2.28. The molecule has 1 aromatic carbocycles. The van der Waals surface area contributed by atoms with Crippen LogP contribution in [0.15, 0.2) is 30.3 Å². The van der Waals surface area contributed by atoms with Crippen molar-refractivity contribution in [2.75, 3.05) is 13.1 Å². The molecule has 3 heteroatoms. The van der Waals surface area contributed by atoms with Crippen LogP contribution in [0.25, 0.3) is 0 Å². The maximum atomic E-state index is 12.3. The van der Waals surface area contributed by atoms with Crippen LogP contribution in [0.2, 0.25) is 0 Å². The lowest BCUT2D eigenvalue weighted by atomic mass is 9.80. The van der Waals surface area contributed by atoms with E-state index in [2.05, 4.69) is 26.0 Å². The molecule has 1 fully saturated rings. The van der Waals surface area contributed by atoms with Gasteiger partial charge in [-0.1, -0.05) is 51.1 Å². The fourth-order valence-electron chi connectivity index (χ4n) is 2.89. The Hall–Kier alpha value is -1.35. The Balaban J connectivity index is 1.89. The summed E-state index contributed by atoms with van der Waals surface area (Å²) in [6.45, 7) is 7.69. The summed E-state index contributed by atoms with van der Waals surface area (Å²) in [5.41, 5.74) is 1.27. The molecule has 0 aliphatic carbocycles. The third-order valence-corrected chi connectivity index (χ3v) is 4.79. The van der Waals surface area contributed by atoms with E-state index < -0.39 is 0 Å². The van der Waals surface area contributed by atoms with Gasteiger partial charge in [0.05, 0.1) is 6.10 Å². The Morgan fingerprint density at radius 1 is 1.33 bits per heavy atom. The summed E-state index contributed by atoms with van der Waals surface area (Å²) in [5, 5.41) is 9.91. The summed E-state index contributed by atoms with van der Waals surface area (Å²) in [6.07, 6.45) is 1.90.